The van der Waals surface area contributed by atoms with E-state index < -0.39 is 61.2 Å². The number of benzene rings is 1. The number of nitrogens with one attached hydrogen (secondary N) is 2. The second-order valence-corrected chi connectivity index (χ2v) is 13.7. The first kappa shape index (κ1) is 34.3. The van der Waals surface area contributed by atoms with Gasteiger partial charge in [-0.2, -0.15) is 10.2 Å². The quantitative estimate of drug-likeness (QED) is 0.172. The van der Waals surface area contributed by atoms with Crippen molar-refractivity contribution < 1.29 is 46.4 Å². The summed E-state index contributed by atoms with van der Waals surface area (Å²) >= 11 is 0. The molecule has 4 heterocycles. The maximum absolute atomic E-state index is 15.6. The van der Waals surface area contributed by atoms with Crippen LogP contribution in [0.1, 0.15) is 66.1 Å². The Morgan fingerprint density at radius 1 is 1.14 bits per heavy atom. The van der Waals surface area contributed by atoms with Crippen molar-refractivity contribution in [1.29, 1.82) is 0 Å². The molecule has 2 amide bonds. The summed E-state index contributed by atoms with van der Waals surface area (Å²) in [5, 5.41) is 13.8. The molecule has 0 bridgehead atoms. The number of aromatic nitrogens is 5. The van der Waals surface area contributed by atoms with Crippen molar-refractivity contribution >= 4 is 25.3 Å². The Hall–Kier alpha value is -4.57. The molecule has 1 unspecified atom stereocenters. The van der Waals surface area contributed by atoms with E-state index >= 15 is 4.39 Å². The SMILES string of the molecule is Cc1nn(COP(=O)(O)O)c(C)c1-c1ncc(NC(=O)[C@@H](NC(=O)c2ccnn2C(C)C)C2c3cc(F)c(F)cc3OCC23CC3)cc1F. The van der Waals surface area contributed by atoms with Gasteiger partial charge in [0.2, 0.25) is 5.91 Å². The molecule has 1 saturated carbocycles. The molecule has 2 atom stereocenters. The van der Waals surface area contributed by atoms with Gasteiger partial charge < -0.3 is 25.2 Å². The number of phosphoric acid groups is 1. The van der Waals surface area contributed by atoms with Crippen LogP contribution in [0.4, 0.5) is 18.9 Å². The minimum Gasteiger partial charge on any atom is -0.493 e. The molecule has 3 aromatic heterocycles. The van der Waals surface area contributed by atoms with Crippen LogP contribution in [0.25, 0.3) is 11.3 Å². The first-order valence-corrected chi connectivity index (χ1v) is 16.8. The number of fused-ring (bicyclic) bond motifs is 1. The highest BCUT2D eigenvalue weighted by atomic mass is 31.2. The van der Waals surface area contributed by atoms with Crippen LogP contribution < -0.4 is 15.4 Å². The number of carbonyl (C=O) groups is 2. The summed E-state index contributed by atoms with van der Waals surface area (Å²) in [7, 11) is -4.80. The molecule has 4 aromatic rings. The van der Waals surface area contributed by atoms with E-state index in [-0.39, 0.29) is 46.6 Å². The monoisotopic (exact) mass is 703 g/mol. The Morgan fingerprint density at radius 3 is 2.51 bits per heavy atom. The van der Waals surface area contributed by atoms with E-state index in [0.29, 0.717) is 24.2 Å². The third-order valence-corrected chi connectivity index (χ3v) is 9.28. The lowest BCUT2D eigenvalue weighted by Crippen LogP contribution is -2.52. The third-order valence-electron chi connectivity index (χ3n) is 8.82. The molecule has 4 N–H and O–H groups in total. The maximum atomic E-state index is 15.6. The third kappa shape index (κ3) is 6.71. The number of amides is 2. The Labute approximate surface area is 277 Å². The zero-order valence-corrected chi connectivity index (χ0v) is 27.7. The molecule has 0 radical (unpaired) electrons. The predicted molar refractivity (Wildman–Crippen MR) is 167 cm³/mol. The van der Waals surface area contributed by atoms with Gasteiger partial charge in [-0.15, -0.1) is 0 Å². The van der Waals surface area contributed by atoms with E-state index in [9.17, 15) is 22.9 Å². The van der Waals surface area contributed by atoms with Crippen molar-refractivity contribution in [3.8, 4) is 17.0 Å². The van der Waals surface area contributed by atoms with Crippen LogP contribution in [0.3, 0.4) is 0 Å². The molecule has 49 heavy (non-hydrogen) atoms. The molecule has 2 aliphatic rings. The second kappa shape index (κ2) is 12.7. The number of carbonyl (C=O) groups excluding carboxylic acids is 2. The van der Waals surface area contributed by atoms with Gasteiger partial charge in [0.15, 0.2) is 24.2 Å². The van der Waals surface area contributed by atoms with Gasteiger partial charge in [0, 0.05) is 52.5 Å². The zero-order valence-electron chi connectivity index (χ0n) is 26.8. The van der Waals surface area contributed by atoms with E-state index in [1.165, 1.54) is 23.1 Å². The lowest BCUT2D eigenvalue weighted by molar-refractivity contribution is -0.119. The molecular formula is C31H33F3N7O7P. The van der Waals surface area contributed by atoms with Gasteiger partial charge in [0.05, 0.1) is 24.2 Å². The van der Waals surface area contributed by atoms with Crippen molar-refractivity contribution in [2.75, 3.05) is 11.9 Å². The highest BCUT2D eigenvalue weighted by Crippen LogP contribution is 2.61. The average molecular weight is 704 g/mol. The molecule has 260 valence electrons. The number of phosphoric ester groups is 1. The number of halogens is 3. The number of rotatable bonds is 10. The van der Waals surface area contributed by atoms with Gasteiger partial charge in [0.25, 0.3) is 5.91 Å². The van der Waals surface area contributed by atoms with Crippen LogP contribution in [0.5, 0.6) is 5.75 Å². The number of nitrogens with zero attached hydrogens (tertiary/aromatic N) is 5. The van der Waals surface area contributed by atoms with Crippen molar-refractivity contribution in [3.63, 3.8) is 0 Å². The Balaban J connectivity index is 1.33. The van der Waals surface area contributed by atoms with Crippen molar-refractivity contribution in [1.82, 2.24) is 29.9 Å². The van der Waals surface area contributed by atoms with E-state index in [4.69, 9.17) is 14.5 Å². The smallest absolute Gasteiger partial charge is 0.471 e. The Bertz CT molecular complexity index is 2010. The molecule has 1 aliphatic heterocycles. The molecule has 1 spiro atoms. The van der Waals surface area contributed by atoms with Crippen LogP contribution in [0.2, 0.25) is 0 Å². The van der Waals surface area contributed by atoms with Crippen LogP contribution >= 0.6 is 7.82 Å². The fourth-order valence-corrected chi connectivity index (χ4v) is 6.59. The van der Waals surface area contributed by atoms with Gasteiger partial charge in [0.1, 0.15) is 23.2 Å². The van der Waals surface area contributed by atoms with Crippen LogP contribution in [0.15, 0.2) is 36.7 Å². The fourth-order valence-electron chi connectivity index (χ4n) is 6.33. The number of pyridine rings is 1. The lowest BCUT2D eigenvalue weighted by atomic mass is 9.75. The molecule has 1 aromatic carbocycles. The molecular weight excluding hydrogens is 670 g/mol. The minimum atomic E-state index is -4.80. The highest BCUT2D eigenvalue weighted by molar-refractivity contribution is 7.46. The van der Waals surface area contributed by atoms with Gasteiger partial charge >= 0.3 is 7.82 Å². The highest BCUT2D eigenvalue weighted by Gasteiger charge is 2.58. The number of anilines is 1. The van der Waals surface area contributed by atoms with E-state index in [2.05, 4.69) is 30.3 Å². The lowest BCUT2D eigenvalue weighted by Gasteiger charge is -2.38. The Morgan fingerprint density at radius 2 is 1.86 bits per heavy atom. The molecule has 1 fully saturated rings. The van der Waals surface area contributed by atoms with E-state index in [1.807, 2.05) is 13.8 Å². The first-order chi connectivity index (χ1) is 23.1. The topological polar surface area (TPSA) is 183 Å². The maximum Gasteiger partial charge on any atom is 0.471 e. The van der Waals surface area contributed by atoms with Crippen LogP contribution in [-0.2, 0) is 20.6 Å². The van der Waals surface area contributed by atoms with Gasteiger partial charge in [-0.3, -0.25) is 23.8 Å². The van der Waals surface area contributed by atoms with Gasteiger partial charge in [-0.25, -0.2) is 22.4 Å². The molecule has 0 saturated heterocycles. The summed E-state index contributed by atoms with van der Waals surface area (Å²) < 4.78 is 68.6. The van der Waals surface area contributed by atoms with Crippen molar-refractivity contribution in [2.24, 2.45) is 5.41 Å². The molecule has 1 aliphatic carbocycles. The summed E-state index contributed by atoms with van der Waals surface area (Å²) in [6, 6.07) is 2.87. The molecule has 18 heteroatoms. The Kier molecular flexibility index (Phi) is 8.90. The zero-order chi connectivity index (χ0) is 35.4. The predicted octanol–water partition coefficient (Wildman–Crippen LogP) is 4.52. The van der Waals surface area contributed by atoms with Gasteiger partial charge in [-0.1, -0.05) is 0 Å². The standard InChI is InChI=1S/C31H33F3N7O7P/c1-15(2)41-23(5-8-36-41)29(42)38-28(26-19-10-20(32)21(33)11-24(19)47-13-31(26)6-7-31)30(43)37-18-9-22(34)27(35-12-18)25-16(3)39-40(17(25)4)14-48-49(44,45)46/h5,8-12,15,26,28H,6-7,13-14H2,1-4H3,(H,37,43)(H,38,42)(H2,44,45,46)/t26?,28-/m0/s1. The van der Waals surface area contributed by atoms with Gasteiger partial charge in [-0.05, 0) is 52.7 Å². The second-order valence-electron chi connectivity index (χ2n) is 12.5. The number of aryl methyl sites for hydroxylation is 1. The number of ether oxygens (including phenoxy) is 1. The number of hydrogen-bond donors (Lipinski definition) is 4. The van der Waals surface area contributed by atoms with E-state index in [1.54, 1.807) is 13.8 Å². The largest absolute Gasteiger partial charge is 0.493 e. The van der Waals surface area contributed by atoms with Crippen molar-refractivity contribution in [3.05, 3.63) is 76.8 Å². The summed E-state index contributed by atoms with van der Waals surface area (Å²) in [6.07, 6.45) is 3.83. The minimum absolute atomic E-state index is 0.0511. The molecule has 6 rings (SSSR count). The average Bonchev–Trinajstić information content (AvgIpc) is 3.48. The molecule has 14 nitrogen and oxygen atoms in total. The van der Waals surface area contributed by atoms with Crippen LogP contribution in [0, 0.1) is 36.7 Å². The normalized spacial score (nSPS) is 17.1. The number of hydrogen-bond acceptors (Lipinski definition) is 8. The summed E-state index contributed by atoms with van der Waals surface area (Å²) in [4.78, 5) is 50.1. The van der Waals surface area contributed by atoms with Crippen molar-refractivity contribution in [2.45, 2.75) is 65.3 Å². The first-order valence-electron chi connectivity index (χ1n) is 15.3. The van der Waals surface area contributed by atoms with Crippen LogP contribution in [-0.4, -0.2) is 58.8 Å². The summed E-state index contributed by atoms with van der Waals surface area (Å²) in [5.41, 5.74) is 0.388. The fraction of sp³-hybridized carbons (Fsp3) is 0.387. The summed E-state index contributed by atoms with van der Waals surface area (Å²) in [6.45, 7) is 6.27. The van der Waals surface area contributed by atoms with E-state index in [0.717, 1.165) is 22.9 Å². The summed E-state index contributed by atoms with van der Waals surface area (Å²) in [5.74, 6) is -5.30.